The Kier molecular flexibility index (Phi) is 7.48. The molecule has 110 valence electrons. The molecule has 0 aromatic rings. The van der Waals surface area contributed by atoms with Crippen molar-refractivity contribution in [2.24, 2.45) is 11.8 Å². The molecular weight excluding hydrogens is 246 g/mol. The Labute approximate surface area is 114 Å². The van der Waals surface area contributed by atoms with Crippen LogP contribution in [-0.2, 0) is 9.59 Å². The molecule has 0 aliphatic heterocycles. The van der Waals surface area contributed by atoms with Crippen molar-refractivity contribution in [3.63, 3.8) is 0 Å². The third kappa shape index (κ3) is 5.59. The minimum Gasteiger partial charge on any atom is -0.481 e. The number of hydrogen-bond donors (Lipinski definition) is 3. The van der Waals surface area contributed by atoms with Gasteiger partial charge in [-0.3, -0.25) is 9.59 Å². The van der Waals surface area contributed by atoms with Crippen molar-refractivity contribution < 1.29 is 19.8 Å². The average molecular weight is 271 g/mol. The topological polar surface area (TPSA) is 86.6 Å². The molecule has 2 atom stereocenters. The molecule has 0 aromatic heterocycles. The second-order valence-corrected chi connectivity index (χ2v) is 5.26. The molecule has 0 spiro atoms. The molecule has 1 fully saturated rings. The molecule has 0 radical (unpaired) electrons. The second kappa shape index (κ2) is 8.91. The molecular formula is C14H25NO4. The molecule has 0 heterocycles. The van der Waals surface area contributed by atoms with Crippen LogP contribution in [-0.4, -0.2) is 35.2 Å². The first kappa shape index (κ1) is 16.0. The summed E-state index contributed by atoms with van der Waals surface area (Å²) in [7, 11) is 0. The number of unbranched alkanes of at least 4 members (excludes halogenated alkanes) is 3. The number of carboxylic acids is 1. The van der Waals surface area contributed by atoms with Crippen LogP contribution in [0.2, 0.25) is 0 Å². The molecule has 5 heteroatoms. The van der Waals surface area contributed by atoms with Crippen LogP contribution in [0.25, 0.3) is 0 Å². The van der Waals surface area contributed by atoms with Gasteiger partial charge in [-0.15, -0.1) is 0 Å². The Morgan fingerprint density at radius 2 is 1.63 bits per heavy atom. The molecule has 0 bridgehead atoms. The number of rotatable bonds is 8. The third-order valence-electron chi connectivity index (χ3n) is 3.80. The number of hydrogen-bond acceptors (Lipinski definition) is 3. The minimum absolute atomic E-state index is 0.103. The summed E-state index contributed by atoms with van der Waals surface area (Å²) >= 11 is 0. The molecule has 1 aliphatic carbocycles. The number of aliphatic hydroxyl groups is 1. The first-order valence-corrected chi connectivity index (χ1v) is 7.28. The standard InChI is InChI=1S/C14H25NO4/c16-10-6-2-1-5-9-15-13(17)11-7-3-4-8-12(11)14(18)19/h11-12,16H,1-10H2,(H,15,17)(H,18,19). The lowest BCUT2D eigenvalue weighted by molar-refractivity contribution is -0.148. The van der Waals surface area contributed by atoms with Crippen LogP contribution in [0, 0.1) is 11.8 Å². The number of carboxylic acid groups (broad SMARTS) is 1. The van der Waals surface area contributed by atoms with Gasteiger partial charge in [0.1, 0.15) is 0 Å². The van der Waals surface area contributed by atoms with Crippen molar-refractivity contribution in [2.45, 2.75) is 51.4 Å². The molecule has 3 N–H and O–H groups in total. The Morgan fingerprint density at radius 1 is 1.00 bits per heavy atom. The average Bonchev–Trinajstić information content (AvgIpc) is 2.42. The van der Waals surface area contributed by atoms with E-state index in [2.05, 4.69) is 5.32 Å². The van der Waals surface area contributed by atoms with E-state index in [0.29, 0.717) is 19.4 Å². The molecule has 1 saturated carbocycles. The Bertz CT molecular complexity index is 293. The van der Waals surface area contributed by atoms with Gasteiger partial charge in [0, 0.05) is 13.2 Å². The maximum Gasteiger partial charge on any atom is 0.307 e. The second-order valence-electron chi connectivity index (χ2n) is 5.26. The first-order chi connectivity index (χ1) is 9.16. The maximum absolute atomic E-state index is 12.0. The van der Waals surface area contributed by atoms with Gasteiger partial charge in [-0.1, -0.05) is 25.7 Å². The fourth-order valence-electron chi connectivity index (χ4n) is 2.67. The molecule has 5 nitrogen and oxygen atoms in total. The fourth-order valence-corrected chi connectivity index (χ4v) is 2.67. The largest absolute Gasteiger partial charge is 0.481 e. The normalized spacial score (nSPS) is 23.0. The fraction of sp³-hybridized carbons (Fsp3) is 0.857. The summed E-state index contributed by atoms with van der Waals surface area (Å²) in [5.74, 6) is -1.82. The highest BCUT2D eigenvalue weighted by Crippen LogP contribution is 2.30. The van der Waals surface area contributed by atoms with Gasteiger partial charge in [0.25, 0.3) is 0 Å². The van der Waals surface area contributed by atoms with Crippen LogP contribution in [0.5, 0.6) is 0 Å². The minimum atomic E-state index is -0.845. The summed E-state index contributed by atoms with van der Waals surface area (Å²) in [6.45, 7) is 0.821. The van der Waals surface area contributed by atoms with Crippen LogP contribution >= 0.6 is 0 Å². The summed E-state index contributed by atoms with van der Waals surface area (Å²) in [5, 5.41) is 20.6. The van der Waals surface area contributed by atoms with Crippen LogP contribution in [0.4, 0.5) is 0 Å². The molecule has 0 aromatic carbocycles. The molecule has 1 rings (SSSR count). The lowest BCUT2D eigenvalue weighted by atomic mass is 9.78. The van der Waals surface area contributed by atoms with Crippen molar-refractivity contribution in [2.75, 3.05) is 13.2 Å². The maximum atomic E-state index is 12.0. The predicted octanol–water partition coefficient (Wildman–Crippen LogP) is 1.55. The lowest BCUT2D eigenvalue weighted by Crippen LogP contribution is -2.40. The molecule has 19 heavy (non-hydrogen) atoms. The van der Waals surface area contributed by atoms with E-state index >= 15 is 0 Å². The van der Waals surface area contributed by atoms with Crippen LogP contribution in [0.1, 0.15) is 51.4 Å². The molecule has 1 aliphatic rings. The zero-order valence-electron chi connectivity index (χ0n) is 11.4. The van der Waals surface area contributed by atoms with Gasteiger partial charge in [0.05, 0.1) is 11.8 Å². The van der Waals surface area contributed by atoms with E-state index in [1.165, 1.54) is 0 Å². The van der Waals surface area contributed by atoms with Gasteiger partial charge in [-0.05, 0) is 25.7 Å². The quantitative estimate of drug-likeness (QED) is 0.584. The Morgan fingerprint density at radius 3 is 2.26 bits per heavy atom. The first-order valence-electron chi connectivity index (χ1n) is 7.28. The molecule has 1 amide bonds. The summed E-state index contributed by atoms with van der Waals surface area (Å²) in [4.78, 5) is 23.1. The zero-order valence-corrected chi connectivity index (χ0v) is 11.4. The number of nitrogens with one attached hydrogen (secondary N) is 1. The van der Waals surface area contributed by atoms with E-state index < -0.39 is 11.9 Å². The summed E-state index contributed by atoms with van der Waals surface area (Å²) < 4.78 is 0. The van der Waals surface area contributed by atoms with Crippen LogP contribution in [0.3, 0.4) is 0 Å². The highest BCUT2D eigenvalue weighted by Gasteiger charge is 2.35. The van der Waals surface area contributed by atoms with Crippen molar-refractivity contribution in [3.05, 3.63) is 0 Å². The Balaban J connectivity index is 2.25. The Hall–Kier alpha value is -1.10. The molecule has 0 saturated heterocycles. The van der Waals surface area contributed by atoms with Crippen molar-refractivity contribution in [1.82, 2.24) is 5.32 Å². The van der Waals surface area contributed by atoms with Gasteiger partial charge in [-0.2, -0.15) is 0 Å². The number of carbonyl (C=O) groups excluding carboxylic acids is 1. The highest BCUT2D eigenvalue weighted by atomic mass is 16.4. The van der Waals surface area contributed by atoms with E-state index in [0.717, 1.165) is 38.5 Å². The zero-order chi connectivity index (χ0) is 14.1. The van der Waals surface area contributed by atoms with E-state index in [9.17, 15) is 9.59 Å². The summed E-state index contributed by atoms with van der Waals surface area (Å²) in [6.07, 6.45) is 6.78. The van der Waals surface area contributed by atoms with Crippen LogP contribution in [0.15, 0.2) is 0 Å². The van der Waals surface area contributed by atoms with Gasteiger partial charge < -0.3 is 15.5 Å². The summed E-state index contributed by atoms with van der Waals surface area (Å²) in [6, 6.07) is 0. The van der Waals surface area contributed by atoms with Crippen LogP contribution < -0.4 is 5.32 Å². The lowest BCUT2D eigenvalue weighted by Gasteiger charge is -2.27. The number of amides is 1. The predicted molar refractivity (Wildman–Crippen MR) is 71.6 cm³/mol. The van der Waals surface area contributed by atoms with E-state index in [4.69, 9.17) is 10.2 Å². The van der Waals surface area contributed by atoms with Gasteiger partial charge in [0.15, 0.2) is 0 Å². The monoisotopic (exact) mass is 271 g/mol. The SMILES string of the molecule is O=C(O)C1CCCCC1C(=O)NCCCCCCO. The van der Waals surface area contributed by atoms with E-state index in [-0.39, 0.29) is 18.4 Å². The summed E-state index contributed by atoms with van der Waals surface area (Å²) in [5.41, 5.74) is 0. The highest BCUT2D eigenvalue weighted by molar-refractivity contribution is 5.84. The smallest absolute Gasteiger partial charge is 0.307 e. The van der Waals surface area contributed by atoms with Crippen molar-refractivity contribution >= 4 is 11.9 Å². The van der Waals surface area contributed by atoms with E-state index in [1.54, 1.807) is 0 Å². The van der Waals surface area contributed by atoms with Gasteiger partial charge >= 0.3 is 5.97 Å². The van der Waals surface area contributed by atoms with E-state index in [1.807, 2.05) is 0 Å². The van der Waals surface area contributed by atoms with Crippen molar-refractivity contribution in [3.8, 4) is 0 Å². The number of aliphatic carboxylic acids is 1. The van der Waals surface area contributed by atoms with Gasteiger partial charge in [-0.25, -0.2) is 0 Å². The number of carbonyl (C=O) groups is 2. The number of aliphatic hydroxyl groups excluding tert-OH is 1. The molecule has 2 unspecified atom stereocenters. The van der Waals surface area contributed by atoms with Crippen molar-refractivity contribution in [1.29, 1.82) is 0 Å². The third-order valence-corrected chi connectivity index (χ3v) is 3.80. The van der Waals surface area contributed by atoms with Gasteiger partial charge in [0.2, 0.25) is 5.91 Å².